The molecule has 0 saturated heterocycles. The number of fused-ring (bicyclic) bond motifs is 2. The van der Waals surface area contributed by atoms with Crippen molar-refractivity contribution in [3.8, 4) is 0 Å². The average molecular weight is 275 g/mol. The maximum absolute atomic E-state index is 6.26. The fourth-order valence-electron chi connectivity index (χ4n) is 3.15. The largest absolute Gasteiger partial charge is 0.302 e. The van der Waals surface area contributed by atoms with Gasteiger partial charge in [0, 0.05) is 36.5 Å². The second-order valence-corrected chi connectivity index (χ2v) is 5.88. The van der Waals surface area contributed by atoms with E-state index in [1.165, 1.54) is 33.3 Å². The molecule has 3 rings (SSSR count). The van der Waals surface area contributed by atoms with Gasteiger partial charge in [0.25, 0.3) is 0 Å². The summed E-state index contributed by atoms with van der Waals surface area (Å²) in [6, 6.07) is 4.40. The molecular formula is C16H19ClN2. The Bertz CT molecular complexity index is 649. The van der Waals surface area contributed by atoms with E-state index in [0.29, 0.717) is 5.88 Å². The van der Waals surface area contributed by atoms with E-state index in [-0.39, 0.29) is 0 Å². The quantitative estimate of drug-likeness (QED) is 0.739. The standard InChI is InChI=1S/C16H19ClN2/c1-10-6-11(2)16-12(8-17)13-9-19(3)5-4-14(13)18-15(16)7-10/h6-7H,4-5,8-9H2,1-3H3. The van der Waals surface area contributed by atoms with Crippen molar-refractivity contribution in [3.05, 3.63) is 40.1 Å². The number of benzene rings is 1. The van der Waals surface area contributed by atoms with Crippen LogP contribution in [0.3, 0.4) is 0 Å². The summed E-state index contributed by atoms with van der Waals surface area (Å²) in [5, 5.41) is 1.26. The summed E-state index contributed by atoms with van der Waals surface area (Å²) in [5.74, 6) is 0.569. The van der Waals surface area contributed by atoms with E-state index < -0.39 is 0 Å². The van der Waals surface area contributed by atoms with E-state index >= 15 is 0 Å². The van der Waals surface area contributed by atoms with Crippen LogP contribution < -0.4 is 0 Å². The van der Waals surface area contributed by atoms with E-state index in [9.17, 15) is 0 Å². The molecule has 2 heterocycles. The van der Waals surface area contributed by atoms with Gasteiger partial charge in [-0.15, -0.1) is 11.6 Å². The predicted molar refractivity (Wildman–Crippen MR) is 80.8 cm³/mol. The molecule has 0 atom stereocenters. The fourth-order valence-corrected chi connectivity index (χ4v) is 3.45. The molecule has 3 heteroatoms. The lowest BCUT2D eigenvalue weighted by molar-refractivity contribution is 0.309. The third kappa shape index (κ3) is 2.13. The minimum Gasteiger partial charge on any atom is -0.302 e. The topological polar surface area (TPSA) is 16.1 Å². The monoisotopic (exact) mass is 274 g/mol. The Morgan fingerprint density at radius 2 is 2.11 bits per heavy atom. The molecule has 0 N–H and O–H groups in total. The highest BCUT2D eigenvalue weighted by molar-refractivity contribution is 6.18. The van der Waals surface area contributed by atoms with Crippen molar-refractivity contribution in [3.63, 3.8) is 0 Å². The number of alkyl halides is 1. The maximum Gasteiger partial charge on any atom is 0.0714 e. The fraction of sp³-hybridized carbons (Fsp3) is 0.438. The molecule has 0 amide bonds. The maximum atomic E-state index is 6.26. The first kappa shape index (κ1) is 12.9. The van der Waals surface area contributed by atoms with Crippen LogP contribution in [0.25, 0.3) is 10.9 Å². The van der Waals surface area contributed by atoms with Gasteiger partial charge in [0.15, 0.2) is 0 Å². The molecule has 0 spiro atoms. The SMILES string of the molecule is Cc1cc(C)c2c(CCl)c3c(nc2c1)CCN(C)C3. The summed E-state index contributed by atoms with van der Waals surface area (Å²) in [7, 11) is 2.16. The third-order valence-corrected chi connectivity index (χ3v) is 4.29. The van der Waals surface area contributed by atoms with Gasteiger partial charge >= 0.3 is 0 Å². The van der Waals surface area contributed by atoms with Crippen LogP contribution in [0.4, 0.5) is 0 Å². The molecule has 2 aromatic rings. The first-order valence-electron chi connectivity index (χ1n) is 6.76. The summed E-state index contributed by atoms with van der Waals surface area (Å²) in [4.78, 5) is 7.24. The zero-order chi connectivity index (χ0) is 13.6. The van der Waals surface area contributed by atoms with Crippen molar-refractivity contribution in [1.82, 2.24) is 9.88 Å². The van der Waals surface area contributed by atoms with E-state index in [0.717, 1.165) is 25.0 Å². The number of rotatable bonds is 1. The number of likely N-dealkylation sites (N-methyl/N-ethyl adjacent to an activating group) is 1. The smallest absolute Gasteiger partial charge is 0.0714 e. The lowest BCUT2D eigenvalue weighted by atomic mass is 9.94. The van der Waals surface area contributed by atoms with Crippen LogP contribution in [0.1, 0.15) is 27.9 Å². The average Bonchev–Trinajstić information content (AvgIpc) is 2.36. The van der Waals surface area contributed by atoms with Gasteiger partial charge in [-0.1, -0.05) is 6.07 Å². The Hall–Kier alpha value is -1.12. The van der Waals surface area contributed by atoms with E-state index in [1.807, 2.05) is 0 Å². The minimum absolute atomic E-state index is 0.569. The summed E-state index contributed by atoms with van der Waals surface area (Å²) >= 11 is 6.26. The molecule has 1 aromatic carbocycles. The highest BCUT2D eigenvalue weighted by atomic mass is 35.5. The molecule has 0 unspecified atom stereocenters. The molecule has 100 valence electrons. The molecule has 0 aliphatic carbocycles. The molecular weight excluding hydrogens is 256 g/mol. The lowest BCUT2D eigenvalue weighted by Crippen LogP contribution is -2.28. The van der Waals surface area contributed by atoms with Crippen molar-refractivity contribution >= 4 is 22.5 Å². The van der Waals surface area contributed by atoms with Crippen molar-refractivity contribution in [2.45, 2.75) is 32.7 Å². The number of nitrogens with zero attached hydrogens (tertiary/aromatic N) is 2. The summed E-state index contributed by atoms with van der Waals surface area (Å²) in [5.41, 5.74) is 7.54. The molecule has 1 aliphatic rings. The molecule has 0 radical (unpaired) electrons. The Morgan fingerprint density at radius 1 is 1.32 bits per heavy atom. The normalized spacial score (nSPS) is 15.8. The van der Waals surface area contributed by atoms with E-state index in [2.05, 4.69) is 37.9 Å². The van der Waals surface area contributed by atoms with Crippen LogP contribution in [0, 0.1) is 13.8 Å². The van der Waals surface area contributed by atoms with Gasteiger partial charge in [-0.3, -0.25) is 4.98 Å². The first-order chi connectivity index (χ1) is 9.10. The second kappa shape index (κ2) is 4.77. The number of aromatic nitrogens is 1. The summed E-state index contributed by atoms with van der Waals surface area (Å²) < 4.78 is 0. The van der Waals surface area contributed by atoms with Gasteiger partial charge in [0.05, 0.1) is 5.52 Å². The van der Waals surface area contributed by atoms with Crippen LogP contribution in [-0.2, 0) is 18.8 Å². The van der Waals surface area contributed by atoms with Crippen molar-refractivity contribution in [1.29, 1.82) is 0 Å². The van der Waals surface area contributed by atoms with Crippen molar-refractivity contribution in [2.24, 2.45) is 0 Å². The number of aryl methyl sites for hydroxylation is 2. The Kier molecular flexibility index (Phi) is 3.23. The van der Waals surface area contributed by atoms with Crippen molar-refractivity contribution in [2.75, 3.05) is 13.6 Å². The van der Waals surface area contributed by atoms with Gasteiger partial charge in [-0.2, -0.15) is 0 Å². The van der Waals surface area contributed by atoms with E-state index in [4.69, 9.17) is 16.6 Å². The predicted octanol–water partition coefficient (Wildman–Crippen LogP) is 3.58. The number of hydrogen-bond donors (Lipinski definition) is 0. The molecule has 0 saturated carbocycles. The summed E-state index contributed by atoms with van der Waals surface area (Å²) in [6.07, 6.45) is 1.03. The molecule has 2 nitrogen and oxygen atoms in total. The first-order valence-corrected chi connectivity index (χ1v) is 7.29. The van der Waals surface area contributed by atoms with Gasteiger partial charge in [-0.05, 0) is 49.2 Å². The van der Waals surface area contributed by atoms with Gasteiger partial charge < -0.3 is 4.90 Å². The van der Waals surface area contributed by atoms with E-state index in [1.54, 1.807) is 0 Å². The lowest BCUT2D eigenvalue weighted by Gasteiger charge is -2.27. The zero-order valence-corrected chi connectivity index (χ0v) is 12.5. The van der Waals surface area contributed by atoms with Crippen molar-refractivity contribution < 1.29 is 0 Å². The van der Waals surface area contributed by atoms with Gasteiger partial charge in [0.2, 0.25) is 0 Å². The summed E-state index contributed by atoms with van der Waals surface area (Å²) in [6.45, 7) is 6.33. The molecule has 0 bridgehead atoms. The zero-order valence-electron chi connectivity index (χ0n) is 11.8. The third-order valence-electron chi connectivity index (χ3n) is 4.02. The minimum atomic E-state index is 0.569. The van der Waals surface area contributed by atoms with Gasteiger partial charge in [-0.25, -0.2) is 0 Å². The van der Waals surface area contributed by atoms with Crippen LogP contribution in [0.15, 0.2) is 12.1 Å². The molecule has 19 heavy (non-hydrogen) atoms. The number of halogens is 1. The van der Waals surface area contributed by atoms with Crippen LogP contribution in [0.5, 0.6) is 0 Å². The molecule has 1 aliphatic heterocycles. The number of pyridine rings is 1. The Morgan fingerprint density at radius 3 is 2.84 bits per heavy atom. The van der Waals surface area contributed by atoms with Crippen LogP contribution in [-0.4, -0.2) is 23.5 Å². The Balaban J connectivity index is 2.36. The second-order valence-electron chi connectivity index (χ2n) is 5.61. The highest BCUT2D eigenvalue weighted by Crippen LogP contribution is 2.31. The van der Waals surface area contributed by atoms with Gasteiger partial charge in [0.1, 0.15) is 0 Å². The Labute approximate surface area is 119 Å². The molecule has 1 aromatic heterocycles. The van der Waals surface area contributed by atoms with Crippen LogP contribution in [0.2, 0.25) is 0 Å². The molecule has 0 fully saturated rings. The number of hydrogen-bond acceptors (Lipinski definition) is 2. The van der Waals surface area contributed by atoms with Crippen LogP contribution >= 0.6 is 11.6 Å². The highest BCUT2D eigenvalue weighted by Gasteiger charge is 2.20.